The van der Waals surface area contributed by atoms with Gasteiger partial charge in [-0.2, -0.15) is 0 Å². The van der Waals surface area contributed by atoms with Gasteiger partial charge in [0.25, 0.3) is 0 Å². The molecule has 100 valence electrons. The predicted octanol–water partition coefficient (Wildman–Crippen LogP) is 2.61. The summed E-state index contributed by atoms with van der Waals surface area (Å²) in [6, 6.07) is 6.43. The van der Waals surface area contributed by atoms with Crippen LogP contribution in [0.4, 0.5) is 0 Å². The molecule has 0 aliphatic heterocycles. The minimum absolute atomic E-state index is 0.0467. The van der Waals surface area contributed by atoms with Crippen LogP contribution in [0.25, 0.3) is 0 Å². The van der Waals surface area contributed by atoms with Crippen molar-refractivity contribution in [2.24, 2.45) is 5.73 Å². The molecule has 0 aliphatic rings. The van der Waals surface area contributed by atoms with Gasteiger partial charge in [-0.25, -0.2) is 0 Å². The maximum Gasteiger partial charge on any atom is 0.220 e. The summed E-state index contributed by atoms with van der Waals surface area (Å²) in [5.41, 5.74) is 9.25. The van der Waals surface area contributed by atoms with E-state index in [9.17, 15) is 4.79 Å². The predicted molar refractivity (Wildman–Crippen MR) is 75.4 cm³/mol. The van der Waals surface area contributed by atoms with Crippen molar-refractivity contribution in [3.05, 3.63) is 34.9 Å². The lowest BCUT2D eigenvalue weighted by atomic mass is 10.00. The number of rotatable bonds is 5. The summed E-state index contributed by atoms with van der Waals surface area (Å²) in [5, 5.41) is 3.03. The van der Waals surface area contributed by atoms with Crippen molar-refractivity contribution in [1.29, 1.82) is 0 Å². The fourth-order valence-electron chi connectivity index (χ4n) is 1.98. The van der Waals surface area contributed by atoms with Crippen LogP contribution in [0, 0.1) is 13.8 Å². The Kier molecular flexibility index (Phi) is 5.35. The lowest BCUT2D eigenvalue weighted by Crippen LogP contribution is -2.28. The molecule has 3 nitrogen and oxygen atoms in total. The van der Waals surface area contributed by atoms with Crippen molar-refractivity contribution < 1.29 is 4.79 Å². The lowest BCUT2D eigenvalue weighted by molar-refractivity contribution is -0.121. The SMILES string of the molecule is Cc1ccc(C)c(C(C)NC(=O)CCC(C)N)c1. The molecular formula is C15H24N2O. The number of nitrogens with two attached hydrogens (primary N) is 1. The Bertz CT molecular complexity index is 413. The Morgan fingerprint density at radius 1 is 1.33 bits per heavy atom. The third-order valence-corrected chi connectivity index (χ3v) is 3.11. The van der Waals surface area contributed by atoms with Crippen LogP contribution in [-0.4, -0.2) is 11.9 Å². The minimum atomic E-state index is 0.0467. The molecule has 0 bridgehead atoms. The molecule has 0 saturated heterocycles. The Morgan fingerprint density at radius 3 is 2.61 bits per heavy atom. The van der Waals surface area contributed by atoms with E-state index in [0.29, 0.717) is 6.42 Å². The largest absolute Gasteiger partial charge is 0.350 e. The second-order valence-corrected chi connectivity index (χ2v) is 5.17. The summed E-state index contributed by atoms with van der Waals surface area (Å²) in [7, 11) is 0. The molecule has 0 aliphatic carbocycles. The van der Waals surface area contributed by atoms with E-state index in [2.05, 4.69) is 37.4 Å². The molecule has 0 spiro atoms. The molecule has 1 aromatic rings. The van der Waals surface area contributed by atoms with Crippen LogP contribution in [-0.2, 0) is 4.79 Å². The highest BCUT2D eigenvalue weighted by molar-refractivity contribution is 5.76. The van der Waals surface area contributed by atoms with E-state index >= 15 is 0 Å². The molecule has 0 heterocycles. The number of amides is 1. The maximum atomic E-state index is 11.8. The third-order valence-electron chi connectivity index (χ3n) is 3.11. The van der Waals surface area contributed by atoms with Crippen molar-refractivity contribution in [3.8, 4) is 0 Å². The average molecular weight is 248 g/mol. The van der Waals surface area contributed by atoms with Crippen LogP contribution >= 0.6 is 0 Å². The highest BCUT2D eigenvalue weighted by Gasteiger charge is 2.12. The summed E-state index contributed by atoms with van der Waals surface area (Å²) in [5.74, 6) is 0.0701. The number of benzene rings is 1. The molecule has 2 atom stereocenters. The van der Waals surface area contributed by atoms with Crippen LogP contribution < -0.4 is 11.1 Å². The monoisotopic (exact) mass is 248 g/mol. The van der Waals surface area contributed by atoms with Gasteiger partial charge in [-0.15, -0.1) is 0 Å². The number of carbonyl (C=O) groups is 1. The molecule has 1 amide bonds. The Morgan fingerprint density at radius 2 is 2.00 bits per heavy atom. The second-order valence-electron chi connectivity index (χ2n) is 5.17. The van der Waals surface area contributed by atoms with E-state index in [0.717, 1.165) is 6.42 Å². The molecule has 1 rings (SSSR count). The number of carbonyl (C=O) groups excluding carboxylic acids is 1. The molecule has 2 unspecified atom stereocenters. The fourth-order valence-corrected chi connectivity index (χ4v) is 1.98. The topological polar surface area (TPSA) is 55.1 Å². The molecule has 3 N–H and O–H groups in total. The smallest absolute Gasteiger partial charge is 0.220 e. The summed E-state index contributed by atoms with van der Waals surface area (Å²) < 4.78 is 0. The molecule has 0 saturated carbocycles. The first-order chi connectivity index (χ1) is 8.40. The third kappa shape index (κ3) is 4.49. The Labute approximate surface area is 110 Å². The zero-order chi connectivity index (χ0) is 13.7. The van der Waals surface area contributed by atoms with E-state index < -0.39 is 0 Å². The summed E-state index contributed by atoms with van der Waals surface area (Å²) >= 11 is 0. The normalized spacial score (nSPS) is 14.1. The first-order valence-electron chi connectivity index (χ1n) is 6.52. The van der Waals surface area contributed by atoms with Crippen LogP contribution in [0.15, 0.2) is 18.2 Å². The van der Waals surface area contributed by atoms with E-state index in [1.165, 1.54) is 16.7 Å². The van der Waals surface area contributed by atoms with Gasteiger partial charge >= 0.3 is 0 Å². The van der Waals surface area contributed by atoms with Crippen molar-refractivity contribution in [2.45, 2.75) is 52.6 Å². The molecule has 1 aromatic carbocycles. The van der Waals surface area contributed by atoms with Gasteiger partial charge in [0.1, 0.15) is 0 Å². The van der Waals surface area contributed by atoms with Gasteiger partial charge in [-0.1, -0.05) is 23.8 Å². The average Bonchev–Trinajstić information content (AvgIpc) is 2.29. The van der Waals surface area contributed by atoms with Gasteiger partial charge < -0.3 is 11.1 Å². The number of aryl methyl sites for hydroxylation is 2. The summed E-state index contributed by atoms with van der Waals surface area (Å²) in [6.07, 6.45) is 1.22. The lowest BCUT2D eigenvalue weighted by Gasteiger charge is -2.17. The van der Waals surface area contributed by atoms with Gasteiger partial charge in [-0.05, 0) is 45.2 Å². The molecule has 0 fully saturated rings. The van der Waals surface area contributed by atoms with Crippen molar-refractivity contribution in [3.63, 3.8) is 0 Å². The molecule has 0 aromatic heterocycles. The van der Waals surface area contributed by atoms with E-state index in [4.69, 9.17) is 5.73 Å². The summed E-state index contributed by atoms with van der Waals surface area (Å²) in [6.45, 7) is 8.07. The zero-order valence-electron chi connectivity index (χ0n) is 11.8. The standard InChI is InChI=1S/C15H24N2O/c1-10-5-6-11(2)14(9-10)13(4)17-15(18)8-7-12(3)16/h5-6,9,12-13H,7-8,16H2,1-4H3,(H,17,18). The van der Waals surface area contributed by atoms with E-state index in [1.807, 2.05) is 13.8 Å². The number of nitrogens with one attached hydrogen (secondary N) is 1. The van der Waals surface area contributed by atoms with Crippen molar-refractivity contribution in [2.75, 3.05) is 0 Å². The van der Waals surface area contributed by atoms with Gasteiger partial charge in [0.15, 0.2) is 0 Å². The highest BCUT2D eigenvalue weighted by atomic mass is 16.1. The van der Waals surface area contributed by atoms with E-state index in [-0.39, 0.29) is 18.0 Å². The molecule has 3 heteroatoms. The van der Waals surface area contributed by atoms with Crippen LogP contribution in [0.1, 0.15) is 49.4 Å². The highest BCUT2D eigenvalue weighted by Crippen LogP contribution is 2.19. The maximum absolute atomic E-state index is 11.8. The van der Waals surface area contributed by atoms with Crippen LogP contribution in [0.3, 0.4) is 0 Å². The first-order valence-corrected chi connectivity index (χ1v) is 6.52. The first kappa shape index (κ1) is 14.7. The quantitative estimate of drug-likeness (QED) is 0.841. The molecule has 0 radical (unpaired) electrons. The van der Waals surface area contributed by atoms with Gasteiger partial charge in [0.05, 0.1) is 6.04 Å². The van der Waals surface area contributed by atoms with Crippen molar-refractivity contribution in [1.82, 2.24) is 5.32 Å². The molecule has 18 heavy (non-hydrogen) atoms. The zero-order valence-corrected chi connectivity index (χ0v) is 11.8. The van der Waals surface area contributed by atoms with Gasteiger partial charge in [0.2, 0.25) is 5.91 Å². The minimum Gasteiger partial charge on any atom is -0.350 e. The van der Waals surface area contributed by atoms with Crippen LogP contribution in [0.2, 0.25) is 0 Å². The van der Waals surface area contributed by atoms with Crippen LogP contribution in [0.5, 0.6) is 0 Å². The second kappa shape index (κ2) is 6.55. The van der Waals surface area contributed by atoms with Crippen molar-refractivity contribution >= 4 is 5.91 Å². The van der Waals surface area contributed by atoms with E-state index in [1.54, 1.807) is 0 Å². The summed E-state index contributed by atoms with van der Waals surface area (Å²) in [4.78, 5) is 11.8. The Hall–Kier alpha value is -1.35. The fraction of sp³-hybridized carbons (Fsp3) is 0.533. The number of hydrogen-bond acceptors (Lipinski definition) is 2. The Balaban J connectivity index is 2.62. The van der Waals surface area contributed by atoms with Gasteiger partial charge in [0, 0.05) is 12.5 Å². The molecular weight excluding hydrogens is 224 g/mol. The van der Waals surface area contributed by atoms with Gasteiger partial charge in [-0.3, -0.25) is 4.79 Å². The number of hydrogen-bond donors (Lipinski definition) is 2.